The summed E-state index contributed by atoms with van der Waals surface area (Å²) in [5.41, 5.74) is 5.32. The molecule has 2 rings (SSSR count). The van der Waals surface area contributed by atoms with Crippen molar-refractivity contribution in [1.29, 1.82) is 0 Å². The topological polar surface area (TPSA) is 119 Å². The van der Waals surface area contributed by atoms with Crippen molar-refractivity contribution in [3.8, 4) is 5.75 Å². The average Bonchev–Trinajstić information content (AvgIpc) is 2.94. The van der Waals surface area contributed by atoms with Gasteiger partial charge in [-0.3, -0.25) is 14.4 Å². The summed E-state index contributed by atoms with van der Waals surface area (Å²) in [6.07, 6.45) is 1.61. The lowest BCUT2D eigenvalue weighted by molar-refractivity contribution is -0.141. The second kappa shape index (κ2) is 6.93. The van der Waals surface area contributed by atoms with Crippen LogP contribution in [0.4, 0.5) is 0 Å². The summed E-state index contributed by atoms with van der Waals surface area (Å²) in [6, 6.07) is 6.35. The Morgan fingerprint density at radius 2 is 2.00 bits per heavy atom. The molecule has 2 amide bonds. The lowest BCUT2D eigenvalue weighted by Crippen LogP contribution is -2.33. The number of nitrogens with two attached hydrogens (primary N) is 1. The van der Waals surface area contributed by atoms with Gasteiger partial charge in [0.15, 0.2) is 6.61 Å². The Balaban J connectivity index is 2.01. The first-order valence-electron chi connectivity index (χ1n) is 7.01. The Kier molecular flexibility index (Phi) is 4.98. The fraction of sp³-hybridized carbons (Fsp3) is 0.400. The van der Waals surface area contributed by atoms with Crippen molar-refractivity contribution < 1.29 is 24.2 Å². The van der Waals surface area contributed by atoms with E-state index in [0.717, 1.165) is 0 Å². The molecule has 0 aliphatic heterocycles. The number of para-hydroxylation sites is 1. The highest BCUT2D eigenvalue weighted by Gasteiger charge is 2.31. The van der Waals surface area contributed by atoms with E-state index in [-0.39, 0.29) is 24.3 Å². The van der Waals surface area contributed by atoms with Gasteiger partial charge in [-0.05, 0) is 31.4 Å². The zero-order chi connectivity index (χ0) is 16.1. The van der Waals surface area contributed by atoms with Crippen LogP contribution in [-0.4, -0.2) is 35.5 Å². The van der Waals surface area contributed by atoms with Crippen molar-refractivity contribution in [2.75, 3.05) is 6.61 Å². The molecule has 0 aromatic heterocycles. The molecule has 4 N–H and O–H groups in total. The summed E-state index contributed by atoms with van der Waals surface area (Å²) in [6.45, 7) is -0.311. The number of carbonyl (C=O) groups is 3. The van der Waals surface area contributed by atoms with Crippen LogP contribution >= 0.6 is 0 Å². The molecule has 0 spiro atoms. The maximum atomic E-state index is 12.3. The lowest BCUT2D eigenvalue weighted by atomic mass is 10.1. The molecule has 1 aromatic rings. The van der Waals surface area contributed by atoms with E-state index in [0.29, 0.717) is 24.8 Å². The quantitative estimate of drug-likeness (QED) is 0.708. The van der Waals surface area contributed by atoms with Gasteiger partial charge in [-0.25, -0.2) is 0 Å². The van der Waals surface area contributed by atoms with E-state index in [9.17, 15) is 14.4 Å². The number of carboxylic acids is 1. The van der Waals surface area contributed by atoms with Crippen LogP contribution in [0.15, 0.2) is 24.3 Å². The third-order valence-electron chi connectivity index (χ3n) is 3.62. The van der Waals surface area contributed by atoms with Gasteiger partial charge in [0.2, 0.25) is 0 Å². The van der Waals surface area contributed by atoms with E-state index < -0.39 is 17.8 Å². The number of hydrogen-bond acceptors (Lipinski definition) is 4. The van der Waals surface area contributed by atoms with Crippen LogP contribution in [0.5, 0.6) is 5.75 Å². The number of hydrogen-bond donors (Lipinski definition) is 3. The molecular formula is C15H18N2O5. The first kappa shape index (κ1) is 15.8. The first-order chi connectivity index (χ1) is 10.5. The minimum atomic E-state index is -0.832. The number of carbonyl (C=O) groups excluding carboxylic acids is 2. The predicted molar refractivity (Wildman–Crippen MR) is 77.4 cm³/mol. The number of carboxylic acid groups (broad SMARTS) is 1. The van der Waals surface area contributed by atoms with Crippen LogP contribution in [0.1, 0.15) is 29.6 Å². The van der Waals surface area contributed by atoms with Gasteiger partial charge >= 0.3 is 5.97 Å². The summed E-state index contributed by atoms with van der Waals surface area (Å²) in [7, 11) is 0. The van der Waals surface area contributed by atoms with Gasteiger partial charge in [0.1, 0.15) is 5.75 Å². The molecule has 1 aromatic carbocycles. The van der Waals surface area contributed by atoms with Crippen LogP contribution < -0.4 is 15.8 Å². The lowest BCUT2D eigenvalue weighted by Gasteiger charge is -2.14. The van der Waals surface area contributed by atoms with Gasteiger partial charge in [-0.15, -0.1) is 0 Å². The summed E-state index contributed by atoms with van der Waals surface area (Å²) < 4.78 is 5.21. The van der Waals surface area contributed by atoms with E-state index in [1.165, 1.54) is 0 Å². The summed E-state index contributed by atoms with van der Waals surface area (Å²) in [5, 5.41) is 11.8. The second-order valence-electron chi connectivity index (χ2n) is 5.27. The highest BCUT2D eigenvalue weighted by Crippen LogP contribution is 2.26. The molecule has 1 saturated carbocycles. The average molecular weight is 306 g/mol. The number of aliphatic carboxylic acids is 1. The van der Waals surface area contributed by atoms with Crippen LogP contribution in [-0.2, 0) is 9.59 Å². The first-order valence-corrected chi connectivity index (χ1v) is 7.01. The number of rotatable bonds is 6. The standard InChI is InChI=1S/C15H18N2O5/c16-13(18)8-22-12-4-2-1-3-11(12)14(19)17-10-6-5-9(7-10)15(20)21/h1-4,9-10H,5-8H2,(H2,16,18)(H,17,19)(H,20,21)/t9-,10+/m1/s1. The summed E-state index contributed by atoms with van der Waals surface area (Å²) in [5.74, 6) is -1.95. The van der Waals surface area contributed by atoms with E-state index in [1.54, 1.807) is 24.3 Å². The fourth-order valence-electron chi connectivity index (χ4n) is 2.53. The van der Waals surface area contributed by atoms with E-state index in [4.69, 9.17) is 15.6 Å². The fourth-order valence-corrected chi connectivity index (χ4v) is 2.53. The zero-order valence-electron chi connectivity index (χ0n) is 12.0. The van der Waals surface area contributed by atoms with E-state index >= 15 is 0 Å². The Labute approximate surface area is 127 Å². The summed E-state index contributed by atoms with van der Waals surface area (Å²) >= 11 is 0. The van der Waals surface area contributed by atoms with Gasteiger partial charge in [-0.1, -0.05) is 12.1 Å². The van der Waals surface area contributed by atoms with Gasteiger partial charge < -0.3 is 20.9 Å². The largest absolute Gasteiger partial charge is 0.483 e. The number of nitrogens with one attached hydrogen (secondary N) is 1. The minimum Gasteiger partial charge on any atom is -0.483 e. The molecule has 0 bridgehead atoms. The molecule has 0 unspecified atom stereocenters. The van der Waals surface area contributed by atoms with Gasteiger partial charge in [0.05, 0.1) is 11.5 Å². The molecule has 0 radical (unpaired) electrons. The highest BCUT2D eigenvalue weighted by molar-refractivity contribution is 5.97. The number of ether oxygens (including phenoxy) is 1. The summed E-state index contributed by atoms with van der Waals surface area (Å²) in [4.78, 5) is 34.0. The molecule has 2 atom stereocenters. The molecule has 22 heavy (non-hydrogen) atoms. The van der Waals surface area contributed by atoms with Gasteiger partial charge in [0, 0.05) is 6.04 Å². The van der Waals surface area contributed by atoms with Crippen molar-refractivity contribution >= 4 is 17.8 Å². The van der Waals surface area contributed by atoms with E-state index in [1.807, 2.05) is 0 Å². The highest BCUT2D eigenvalue weighted by atomic mass is 16.5. The zero-order valence-corrected chi connectivity index (χ0v) is 12.0. The third kappa shape index (κ3) is 3.97. The third-order valence-corrected chi connectivity index (χ3v) is 3.62. The van der Waals surface area contributed by atoms with Crippen molar-refractivity contribution in [2.45, 2.75) is 25.3 Å². The molecule has 7 nitrogen and oxygen atoms in total. The molecule has 1 aliphatic carbocycles. The van der Waals surface area contributed by atoms with Crippen molar-refractivity contribution in [3.05, 3.63) is 29.8 Å². The molecular weight excluding hydrogens is 288 g/mol. The molecule has 0 heterocycles. The Morgan fingerprint density at radius 1 is 1.27 bits per heavy atom. The Hall–Kier alpha value is -2.57. The van der Waals surface area contributed by atoms with Crippen LogP contribution in [0, 0.1) is 5.92 Å². The van der Waals surface area contributed by atoms with Crippen molar-refractivity contribution in [3.63, 3.8) is 0 Å². The van der Waals surface area contributed by atoms with Crippen molar-refractivity contribution in [1.82, 2.24) is 5.32 Å². The Bertz CT molecular complexity index is 587. The maximum Gasteiger partial charge on any atom is 0.306 e. The van der Waals surface area contributed by atoms with E-state index in [2.05, 4.69) is 5.32 Å². The molecule has 1 fully saturated rings. The Morgan fingerprint density at radius 3 is 2.64 bits per heavy atom. The monoisotopic (exact) mass is 306 g/mol. The number of amides is 2. The normalized spacial score (nSPS) is 20.4. The molecule has 0 saturated heterocycles. The number of primary amides is 1. The minimum absolute atomic E-state index is 0.169. The molecule has 118 valence electrons. The van der Waals surface area contributed by atoms with Gasteiger partial charge in [-0.2, -0.15) is 0 Å². The second-order valence-corrected chi connectivity index (χ2v) is 5.27. The smallest absolute Gasteiger partial charge is 0.306 e. The van der Waals surface area contributed by atoms with Crippen LogP contribution in [0.2, 0.25) is 0 Å². The molecule has 1 aliphatic rings. The van der Waals surface area contributed by atoms with Crippen LogP contribution in [0.3, 0.4) is 0 Å². The van der Waals surface area contributed by atoms with Gasteiger partial charge in [0.25, 0.3) is 11.8 Å². The maximum absolute atomic E-state index is 12.3. The van der Waals surface area contributed by atoms with Crippen LogP contribution in [0.25, 0.3) is 0 Å². The molecule has 7 heteroatoms. The number of benzene rings is 1. The predicted octanol–water partition coefficient (Wildman–Crippen LogP) is 0.534. The van der Waals surface area contributed by atoms with Crippen molar-refractivity contribution in [2.24, 2.45) is 11.7 Å². The SMILES string of the molecule is NC(=O)COc1ccccc1C(=O)N[C@H]1CC[C@@H](C(=O)O)C1.